The van der Waals surface area contributed by atoms with Gasteiger partial charge in [-0.1, -0.05) is 56.3 Å². The van der Waals surface area contributed by atoms with E-state index in [-0.39, 0.29) is 37.0 Å². The summed E-state index contributed by atoms with van der Waals surface area (Å²) in [7, 11) is 0. The van der Waals surface area contributed by atoms with Gasteiger partial charge in [0.15, 0.2) is 11.3 Å². The molecular formula is C35H41N5O5. The molecule has 2 aromatic heterocycles. The topological polar surface area (TPSA) is 99.0 Å². The first-order valence-electron chi connectivity index (χ1n) is 15.9. The third-order valence-corrected chi connectivity index (χ3v) is 8.55. The van der Waals surface area contributed by atoms with Crippen LogP contribution < -0.4 is 4.90 Å². The molecule has 2 aliphatic rings. The van der Waals surface area contributed by atoms with Crippen LogP contribution in [0.1, 0.15) is 67.3 Å². The van der Waals surface area contributed by atoms with Crippen LogP contribution in [0.4, 0.5) is 10.5 Å². The minimum atomic E-state index is -0.458. The standard InChI is InChI=1S/C35H41N5O5/c1-4-44-34(41)30-22-29(26-10-12-27(13-11-26)38-18-20-43-21-19-38)31-32(24(2)3)37-40(33(31)36-30)28-14-16-39(17-15-28)35(42)45-23-25-8-6-5-7-9-25/h5-13,22,24,28H,4,14-21,23H2,1-3H3. The van der Waals surface area contributed by atoms with Crippen molar-refractivity contribution >= 4 is 28.8 Å². The molecule has 2 aliphatic heterocycles. The predicted molar refractivity (Wildman–Crippen MR) is 173 cm³/mol. The number of hydrogen-bond acceptors (Lipinski definition) is 8. The fourth-order valence-corrected chi connectivity index (χ4v) is 6.14. The second-order valence-corrected chi connectivity index (χ2v) is 11.9. The van der Waals surface area contributed by atoms with Crippen molar-refractivity contribution in [3.63, 3.8) is 0 Å². The fourth-order valence-electron chi connectivity index (χ4n) is 6.14. The molecule has 2 fully saturated rings. The highest BCUT2D eigenvalue weighted by Gasteiger charge is 2.30. The number of fused-ring (bicyclic) bond motifs is 1. The molecule has 45 heavy (non-hydrogen) atoms. The van der Waals surface area contributed by atoms with E-state index in [1.54, 1.807) is 11.8 Å². The van der Waals surface area contributed by atoms with Crippen molar-refractivity contribution in [3.05, 3.63) is 77.6 Å². The van der Waals surface area contributed by atoms with Crippen LogP contribution in [0.2, 0.25) is 0 Å². The molecule has 1 amide bonds. The van der Waals surface area contributed by atoms with Gasteiger partial charge in [-0.15, -0.1) is 0 Å². The third-order valence-electron chi connectivity index (χ3n) is 8.55. The van der Waals surface area contributed by atoms with Crippen molar-refractivity contribution in [1.29, 1.82) is 0 Å². The molecule has 2 saturated heterocycles. The van der Waals surface area contributed by atoms with E-state index in [1.807, 2.05) is 41.1 Å². The number of ether oxygens (including phenoxy) is 3. The molecule has 6 rings (SSSR count). The zero-order valence-corrected chi connectivity index (χ0v) is 26.3. The van der Waals surface area contributed by atoms with Gasteiger partial charge in [0.25, 0.3) is 0 Å². The Morgan fingerprint density at radius 2 is 1.67 bits per heavy atom. The predicted octanol–water partition coefficient (Wildman–Crippen LogP) is 6.21. The van der Waals surface area contributed by atoms with E-state index >= 15 is 0 Å². The molecule has 0 unspecified atom stereocenters. The summed E-state index contributed by atoms with van der Waals surface area (Å²) in [5, 5.41) is 6.07. The number of aromatic nitrogens is 3. The van der Waals surface area contributed by atoms with Crippen LogP contribution in [-0.4, -0.2) is 77.7 Å². The first-order valence-corrected chi connectivity index (χ1v) is 15.9. The van der Waals surface area contributed by atoms with Gasteiger partial charge in [-0.2, -0.15) is 5.10 Å². The second kappa shape index (κ2) is 13.7. The molecule has 0 aliphatic carbocycles. The van der Waals surface area contributed by atoms with Crippen molar-refractivity contribution in [1.82, 2.24) is 19.7 Å². The molecule has 0 spiro atoms. The number of esters is 1. The summed E-state index contributed by atoms with van der Waals surface area (Å²) in [5.41, 5.74) is 5.86. The third kappa shape index (κ3) is 6.66. The SMILES string of the molecule is CCOC(=O)c1cc(-c2ccc(N3CCOCC3)cc2)c2c(C(C)C)nn(C3CCN(C(=O)OCc4ccccc4)CC3)c2n1. The normalized spacial score (nSPS) is 15.9. The van der Waals surface area contributed by atoms with E-state index in [0.717, 1.165) is 59.8 Å². The summed E-state index contributed by atoms with van der Waals surface area (Å²) < 4.78 is 18.5. The van der Waals surface area contributed by atoms with Gasteiger partial charge >= 0.3 is 12.1 Å². The highest BCUT2D eigenvalue weighted by molar-refractivity contribution is 6.00. The Bertz CT molecular complexity index is 1620. The quantitative estimate of drug-likeness (QED) is 0.217. The average molecular weight is 612 g/mol. The van der Waals surface area contributed by atoms with Crippen molar-refractivity contribution in [3.8, 4) is 11.1 Å². The summed E-state index contributed by atoms with van der Waals surface area (Å²) in [4.78, 5) is 34.8. The van der Waals surface area contributed by atoms with Crippen molar-refractivity contribution in [2.75, 3.05) is 50.9 Å². The molecule has 0 saturated carbocycles. The number of nitrogens with zero attached hydrogens (tertiary/aromatic N) is 5. The second-order valence-electron chi connectivity index (χ2n) is 11.9. The Hall–Kier alpha value is -4.44. The summed E-state index contributed by atoms with van der Waals surface area (Å²) in [6.45, 7) is 10.8. The van der Waals surface area contributed by atoms with Gasteiger partial charge in [0, 0.05) is 31.9 Å². The lowest BCUT2D eigenvalue weighted by Gasteiger charge is -2.31. The lowest BCUT2D eigenvalue weighted by atomic mass is 9.97. The monoisotopic (exact) mass is 611 g/mol. The molecule has 2 aromatic carbocycles. The van der Waals surface area contributed by atoms with Crippen molar-refractivity contribution < 1.29 is 23.8 Å². The maximum absolute atomic E-state index is 13.1. The first kappa shape index (κ1) is 30.6. The maximum atomic E-state index is 13.1. The van der Waals surface area contributed by atoms with E-state index in [2.05, 4.69) is 43.0 Å². The smallest absolute Gasteiger partial charge is 0.410 e. The molecule has 0 bridgehead atoms. The molecular weight excluding hydrogens is 570 g/mol. The van der Waals surface area contributed by atoms with Crippen LogP contribution >= 0.6 is 0 Å². The summed E-state index contributed by atoms with van der Waals surface area (Å²) >= 11 is 0. The molecule has 10 nitrogen and oxygen atoms in total. The van der Waals surface area contributed by atoms with Crippen LogP contribution in [0.3, 0.4) is 0 Å². The zero-order valence-electron chi connectivity index (χ0n) is 26.3. The molecule has 0 atom stereocenters. The van der Waals surface area contributed by atoms with E-state index in [0.29, 0.717) is 31.6 Å². The van der Waals surface area contributed by atoms with Gasteiger partial charge in [0.05, 0.1) is 36.9 Å². The summed E-state index contributed by atoms with van der Waals surface area (Å²) in [6.07, 6.45) is 1.09. The maximum Gasteiger partial charge on any atom is 0.410 e. The number of likely N-dealkylation sites (tertiary alicyclic amines) is 1. The Balaban J connectivity index is 1.30. The number of carbonyl (C=O) groups excluding carboxylic acids is 2. The fraction of sp³-hybridized carbons (Fsp3) is 0.429. The minimum Gasteiger partial charge on any atom is -0.461 e. The Morgan fingerprint density at radius 3 is 2.33 bits per heavy atom. The van der Waals surface area contributed by atoms with E-state index in [9.17, 15) is 9.59 Å². The Kier molecular flexibility index (Phi) is 9.30. The molecule has 10 heteroatoms. The molecule has 0 N–H and O–H groups in total. The number of amides is 1. The van der Waals surface area contributed by atoms with Crippen LogP contribution in [0.25, 0.3) is 22.2 Å². The van der Waals surface area contributed by atoms with Crippen molar-refractivity contribution in [2.45, 2.75) is 52.2 Å². The lowest BCUT2D eigenvalue weighted by Crippen LogP contribution is -2.39. The summed E-state index contributed by atoms with van der Waals surface area (Å²) in [6, 6.07) is 20.0. The van der Waals surface area contributed by atoms with Gasteiger partial charge in [-0.05, 0) is 60.6 Å². The summed E-state index contributed by atoms with van der Waals surface area (Å²) in [5.74, 6) is -0.330. The van der Waals surface area contributed by atoms with Crippen molar-refractivity contribution in [2.24, 2.45) is 0 Å². The zero-order chi connectivity index (χ0) is 31.3. The molecule has 4 heterocycles. The van der Waals surface area contributed by atoms with Gasteiger partial charge in [0.1, 0.15) is 6.61 Å². The highest BCUT2D eigenvalue weighted by atomic mass is 16.6. The largest absolute Gasteiger partial charge is 0.461 e. The minimum absolute atomic E-state index is 0.0136. The molecule has 236 valence electrons. The van der Waals surface area contributed by atoms with Crippen LogP contribution in [0.5, 0.6) is 0 Å². The number of rotatable bonds is 8. The van der Waals surface area contributed by atoms with Gasteiger partial charge in [-0.3, -0.25) is 0 Å². The lowest BCUT2D eigenvalue weighted by molar-refractivity contribution is 0.0519. The number of carbonyl (C=O) groups is 2. The number of hydrogen-bond donors (Lipinski definition) is 0. The van der Waals surface area contributed by atoms with Gasteiger partial charge in [-0.25, -0.2) is 19.3 Å². The number of piperidine rings is 1. The van der Waals surface area contributed by atoms with E-state index in [1.165, 1.54) is 0 Å². The van der Waals surface area contributed by atoms with Crippen LogP contribution in [-0.2, 0) is 20.8 Å². The molecule has 4 aromatic rings. The van der Waals surface area contributed by atoms with Gasteiger partial charge in [0.2, 0.25) is 0 Å². The number of benzene rings is 2. The molecule has 0 radical (unpaired) electrons. The Labute approximate surface area is 263 Å². The number of anilines is 1. The number of morpholine rings is 1. The first-order chi connectivity index (χ1) is 21.9. The van der Waals surface area contributed by atoms with E-state index in [4.69, 9.17) is 24.3 Å². The van der Waals surface area contributed by atoms with Crippen LogP contribution in [0.15, 0.2) is 60.7 Å². The highest BCUT2D eigenvalue weighted by Crippen LogP contribution is 2.38. The Morgan fingerprint density at radius 1 is 0.956 bits per heavy atom. The number of pyridine rings is 1. The average Bonchev–Trinajstić information content (AvgIpc) is 3.48. The van der Waals surface area contributed by atoms with Crippen LogP contribution in [0, 0.1) is 0 Å². The van der Waals surface area contributed by atoms with Gasteiger partial charge < -0.3 is 24.0 Å². The van der Waals surface area contributed by atoms with E-state index < -0.39 is 5.97 Å².